The highest BCUT2D eigenvalue weighted by molar-refractivity contribution is 7.09. The van der Waals surface area contributed by atoms with E-state index in [0.717, 1.165) is 66.3 Å². The van der Waals surface area contributed by atoms with Gasteiger partial charge in [-0.15, -0.1) is 0 Å². The summed E-state index contributed by atoms with van der Waals surface area (Å²) in [4.78, 5) is 34.8. The standard InChI is InChI=1S/C25H27ClN6O3S/c26-20-3-1-18(2-4-20)17-23-27-25(36-28-23)31-11-9-19(10-12-31)24(33)30-15-13-29(14-16-30)21-5-7-22(8-6-21)32(34)35/h1-8,19H,9-17H2. The highest BCUT2D eigenvalue weighted by atomic mass is 35.5. The third-order valence-electron chi connectivity index (χ3n) is 6.86. The molecule has 11 heteroatoms. The molecule has 2 saturated heterocycles. The molecule has 0 saturated carbocycles. The van der Waals surface area contributed by atoms with Gasteiger partial charge in [-0.2, -0.15) is 4.37 Å². The van der Waals surface area contributed by atoms with Crippen LogP contribution in [0, 0.1) is 16.0 Å². The number of halogens is 1. The van der Waals surface area contributed by atoms with Gasteiger partial charge in [0.25, 0.3) is 5.69 Å². The molecule has 3 heterocycles. The summed E-state index contributed by atoms with van der Waals surface area (Å²) in [6.07, 6.45) is 2.30. The predicted octanol–water partition coefficient (Wildman–Crippen LogP) is 4.26. The summed E-state index contributed by atoms with van der Waals surface area (Å²) < 4.78 is 4.52. The Labute approximate surface area is 218 Å². The van der Waals surface area contributed by atoms with E-state index in [9.17, 15) is 14.9 Å². The Morgan fingerprint density at radius 2 is 1.64 bits per heavy atom. The molecule has 0 N–H and O–H groups in total. The molecule has 1 aromatic heterocycles. The molecule has 188 valence electrons. The number of nitrogens with zero attached hydrogens (tertiary/aromatic N) is 6. The van der Waals surface area contributed by atoms with E-state index in [1.807, 2.05) is 29.2 Å². The van der Waals surface area contributed by atoms with E-state index in [0.29, 0.717) is 19.5 Å². The largest absolute Gasteiger partial charge is 0.368 e. The maximum absolute atomic E-state index is 13.2. The van der Waals surface area contributed by atoms with Gasteiger partial charge in [-0.1, -0.05) is 23.7 Å². The molecule has 5 rings (SSSR count). The van der Waals surface area contributed by atoms with Gasteiger partial charge in [-0.05, 0) is 42.7 Å². The van der Waals surface area contributed by atoms with Gasteiger partial charge in [0.2, 0.25) is 11.0 Å². The lowest BCUT2D eigenvalue weighted by Crippen LogP contribution is -2.51. The number of carbonyl (C=O) groups is 1. The summed E-state index contributed by atoms with van der Waals surface area (Å²) in [5.41, 5.74) is 2.17. The molecule has 2 aromatic carbocycles. The number of non-ortho nitro benzene ring substituents is 1. The van der Waals surface area contributed by atoms with Crippen molar-refractivity contribution in [3.63, 3.8) is 0 Å². The summed E-state index contributed by atoms with van der Waals surface area (Å²) in [6.45, 7) is 4.39. The summed E-state index contributed by atoms with van der Waals surface area (Å²) in [6, 6.07) is 14.3. The summed E-state index contributed by atoms with van der Waals surface area (Å²) >= 11 is 7.38. The highest BCUT2D eigenvalue weighted by Gasteiger charge is 2.31. The van der Waals surface area contributed by atoms with Gasteiger partial charge in [0, 0.05) is 86.0 Å². The minimum absolute atomic E-state index is 0.0358. The van der Waals surface area contributed by atoms with Gasteiger partial charge in [-0.3, -0.25) is 14.9 Å². The normalized spacial score (nSPS) is 16.9. The first-order valence-corrected chi connectivity index (χ1v) is 13.2. The smallest absolute Gasteiger partial charge is 0.269 e. The van der Waals surface area contributed by atoms with E-state index < -0.39 is 4.92 Å². The molecule has 1 amide bonds. The number of aromatic nitrogens is 2. The van der Waals surface area contributed by atoms with Crippen molar-refractivity contribution in [2.45, 2.75) is 19.3 Å². The molecule has 9 nitrogen and oxygen atoms in total. The SMILES string of the molecule is O=C(C1CCN(c2nc(Cc3ccc(Cl)cc3)ns2)CC1)N1CCN(c2ccc([N+](=O)[O-])cc2)CC1. The summed E-state index contributed by atoms with van der Waals surface area (Å²) in [7, 11) is 0. The van der Waals surface area contributed by atoms with Crippen LogP contribution in [-0.4, -0.2) is 64.4 Å². The van der Waals surface area contributed by atoms with Crippen molar-refractivity contribution in [3.05, 3.63) is 75.1 Å². The van der Waals surface area contributed by atoms with Crippen LogP contribution in [0.25, 0.3) is 0 Å². The van der Waals surface area contributed by atoms with Crippen molar-refractivity contribution in [2.75, 3.05) is 49.1 Å². The van der Waals surface area contributed by atoms with Crippen LogP contribution in [0.2, 0.25) is 5.02 Å². The van der Waals surface area contributed by atoms with Gasteiger partial charge in [0.1, 0.15) is 5.82 Å². The number of amides is 1. The maximum Gasteiger partial charge on any atom is 0.269 e. The van der Waals surface area contributed by atoms with E-state index in [-0.39, 0.29) is 17.5 Å². The molecule has 2 aliphatic rings. The molecule has 0 bridgehead atoms. The Morgan fingerprint density at radius 3 is 2.28 bits per heavy atom. The van der Waals surface area contributed by atoms with Crippen LogP contribution < -0.4 is 9.80 Å². The molecular weight excluding hydrogens is 500 g/mol. The first-order valence-electron chi connectivity index (χ1n) is 12.1. The minimum Gasteiger partial charge on any atom is -0.368 e. The second-order valence-electron chi connectivity index (χ2n) is 9.14. The lowest BCUT2D eigenvalue weighted by atomic mass is 9.95. The van der Waals surface area contributed by atoms with Crippen molar-refractivity contribution in [2.24, 2.45) is 5.92 Å². The lowest BCUT2D eigenvalue weighted by molar-refractivity contribution is -0.384. The molecule has 0 spiro atoms. The fourth-order valence-electron chi connectivity index (χ4n) is 4.78. The van der Waals surface area contributed by atoms with E-state index in [1.54, 1.807) is 12.1 Å². The van der Waals surface area contributed by atoms with Gasteiger partial charge < -0.3 is 14.7 Å². The monoisotopic (exact) mass is 526 g/mol. The molecule has 0 aliphatic carbocycles. The van der Waals surface area contributed by atoms with E-state index in [1.165, 1.54) is 23.7 Å². The van der Waals surface area contributed by atoms with Crippen molar-refractivity contribution in [1.29, 1.82) is 0 Å². The highest BCUT2D eigenvalue weighted by Crippen LogP contribution is 2.27. The molecule has 2 aliphatic heterocycles. The Kier molecular flexibility index (Phi) is 7.33. The van der Waals surface area contributed by atoms with Crippen LogP contribution in [0.5, 0.6) is 0 Å². The second kappa shape index (κ2) is 10.8. The zero-order valence-corrected chi connectivity index (χ0v) is 21.3. The number of hydrogen-bond acceptors (Lipinski definition) is 8. The van der Waals surface area contributed by atoms with Gasteiger partial charge in [-0.25, -0.2) is 4.98 Å². The fraction of sp³-hybridized carbons (Fsp3) is 0.400. The lowest BCUT2D eigenvalue weighted by Gasteiger charge is -2.39. The third kappa shape index (κ3) is 5.60. The van der Waals surface area contributed by atoms with Crippen molar-refractivity contribution < 1.29 is 9.72 Å². The number of carbonyl (C=O) groups excluding carboxylic acids is 1. The molecule has 36 heavy (non-hydrogen) atoms. The number of piperazine rings is 1. The van der Waals surface area contributed by atoms with Gasteiger partial charge in [0.15, 0.2) is 0 Å². The predicted molar refractivity (Wildman–Crippen MR) is 141 cm³/mol. The Morgan fingerprint density at radius 1 is 0.972 bits per heavy atom. The Hall–Kier alpha value is -3.24. The van der Waals surface area contributed by atoms with Crippen molar-refractivity contribution in [1.82, 2.24) is 14.3 Å². The molecular formula is C25H27ClN6O3S. The third-order valence-corrected chi connectivity index (χ3v) is 7.93. The van der Waals surface area contributed by atoms with Crippen LogP contribution >= 0.6 is 23.1 Å². The van der Waals surface area contributed by atoms with Crippen LogP contribution in [0.15, 0.2) is 48.5 Å². The molecule has 0 unspecified atom stereocenters. The fourth-order valence-corrected chi connectivity index (χ4v) is 5.64. The molecule has 3 aromatic rings. The topological polar surface area (TPSA) is 95.7 Å². The number of hydrogen-bond donors (Lipinski definition) is 0. The summed E-state index contributed by atoms with van der Waals surface area (Å²) in [5.74, 6) is 1.08. The Balaban J connectivity index is 1.09. The maximum atomic E-state index is 13.2. The molecule has 0 atom stereocenters. The first kappa shape index (κ1) is 24.5. The number of nitro benzene ring substituents is 1. The molecule has 0 radical (unpaired) electrons. The zero-order chi connectivity index (χ0) is 25.1. The van der Waals surface area contributed by atoms with Gasteiger partial charge >= 0.3 is 0 Å². The average molecular weight is 527 g/mol. The average Bonchev–Trinajstić information content (AvgIpc) is 3.38. The quantitative estimate of drug-likeness (QED) is 0.350. The summed E-state index contributed by atoms with van der Waals surface area (Å²) in [5, 5.41) is 12.5. The van der Waals surface area contributed by atoms with Crippen molar-refractivity contribution in [3.8, 4) is 0 Å². The second-order valence-corrected chi connectivity index (χ2v) is 10.3. The zero-order valence-electron chi connectivity index (χ0n) is 19.8. The van der Waals surface area contributed by atoms with E-state index in [4.69, 9.17) is 16.6 Å². The van der Waals surface area contributed by atoms with E-state index >= 15 is 0 Å². The number of piperidine rings is 1. The number of nitro groups is 1. The van der Waals surface area contributed by atoms with E-state index in [2.05, 4.69) is 14.2 Å². The minimum atomic E-state index is -0.392. The van der Waals surface area contributed by atoms with Crippen LogP contribution in [0.3, 0.4) is 0 Å². The number of rotatable bonds is 6. The van der Waals surface area contributed by atoms with Crippen LogP contribution in [0.4, 0.5) is 16.5 Å². The Bertz CT molecular complexity index is 1200. The molecule has 2 fully saturated rings. The van der Waals surface area contributed by atoms with Crippen molar-refractivity contribution >= 4 is 45.5 Å². The van der Waals surface area contributed by atoms with Crippen LogP contribution in [-0.2, 0) is 11.2 Å². The van der Waals surface area contributed by atoms with Gasteiger partial charge in [0.05, 0.1) is 4.92 Å². The first-order chi connectivity index (χ1) is 17.5. The van der Waals surface area contributed by atoms with Crippen LogP contribution in [0.1, 0.15) is 24.2 Å². The number of anilines is 2. The number of benzene rings is 2.